The van der Waals surface area contributed by atoms with Crippen molar-refractivity contribution in [2.24, 2.45) is 0 Å². The van der Waals surface area contributed by atoms with E-state index >= 15 is 0 Å². The van der Waals surface area contributed by atoms with Crippen molar-refractivity contribution < 1.29 is 13.6 Å². The second kappa shape index (κ2) is 8.75. The van der Waals surface area contributed by atoms with E-state index in [-0.39, 0.29) is 0 Å². The zero-order valence-corrected chi connectivity index (χ0v) is 17.0. The van der Waals surface area contributed by atoms with Crippen molar-refractivity contribution in [3.8, 4) is 11.1 Å². The second-order valence-corrected chi connectivity index (χ2v) is 8.46. The molecule has 0 unspecified atom stereocenters. The van der Waals surface area contributed by atoms with Crippen LogP contribution >= 0.6 is 7.60 Å². The fourth-order valence-electron chi connectivity index (χ4n) is 3.23. The smallest absolute Gasteiger partial charge is 0.359 e. The van der Waals surface area contributed by atoms with Crippen LogP contribution in [0.5, 0.6) is 0 Å². The van der Waals surface area contributed by atoms with Crippen LogP contribution in [0.15, 0.2) is 53.8 Å². The maximum Gasteiger partial charge on any atom is 0.359 e. The first-order valence-electron chi connectivity index (χ1n) is 9.37. The Bertz CT molecular complexity index is 855. The zero-order valence-electron chi connectivity index (χ0n) is 16.1. The van der Waals surface area contributed by atoms with Crippen LogP contribution in [-0.2, 0) is 13.6 Å². The van der Waals surface area contributed by atoms with Crippen LogP contribution in [0, 0.1) is 0 Å². The Hall–Kier alpha value is -2.07. The fraction of sp³-hybridized carbons (Fsp3) is 0.333. The predicted molar refractivity (Wildman–Crippen MR) is 112 cm³/mol. The predicted octanol–water partition coefficient (Wildman–Crippen LogP) is 5.32. The van der Waals surface area contributed by atoms with Crippen LogP contribution in [0.25, 0.3) is 16.8 Å². The molecule has 144 valence electrons. The molecule has 1 aliphatic heterocycles. The number of benzene rings is 2. The molecule has 0 atom stereocenters. The third-order valence-electron chi connectivity index (χ3n) is 4.51. The topological polar surface area (TPSA) is 59.6 Å². The van der Waals surface area contributed by atoms with Crippen LogP contribution in [0.4, 0.5) is 5.69 Å². The van der Waals surface area contributed by atoms with E-state index < -0.39 is 7.60 Å². The minimum Gasteiger partial charge on any atom is -0.383 e. The molecule has 2 aromatic carbocycles. The van der Waals surface area contributed by atoms with Crippen molar-refractivity contribution in [1.82, 2.24) is 5.32 Å². The summed E-state index contributed by atoms with van der Waals surface area (Å²) in [5.41, 5.74) is 5.11. The van der Waals surface area contributed by atoms with Crippen molar-refractivity contribution in [1.29, 1.82) is 0 Å². The van der Waals surface area contributed by atoms with Gasteiger partial charge in [0.05, 0.1) is 24.2 Å². The molecule has 0 radical (unpaired) electrons. The molecule has 0 saturated heterocycles. The third-order valence-corrected chi connectivity index (χ3v) is 6.75. The molecule has 5 nitrogen and oxygen atoms in total. The molecule has 3 rings (SSSR count). The van der Waals surface area contributed by atoms with Gasteiger partial charge in [0, 0.05) is 24.3 Å². The van der Waals surface area contributed by atoms with Gasteiger partial charge in [0.25, 0.3) is 0 Å². The molecular weight excluding hydrogens is 359 g/mol. The summed E-state index contributed by atoms with van der Waals surface area (Å²) >= 11 is 0. The quantitative estimate of drug-likeness (QED) is 0.658. The molecule has 1 aliphatic rings. The molecular formula is C21H27N2O3P. The number of allylic oxidation sites excluding steroid dienone is 1. The highest BCUT2D eigenvalue weighted by Crippen LogP contribution is 2.58. The maximum absolute atomic E-state index is 13.3. The van der Waals surface area contributed by atoms with Gasteiger partial charge in [0.15, 0.2) is 0 Å². The molecule has 0 saturated carbocycles. The highest BCUT2D eigenvalue weighted by molar-refractivity contribution is 7.58. The molecule has 0 fully saturated rings. The maximum atomic E-state index is 13.3. The van der Waals surface area contributed by atoms with Gasteiger partial charge in [-0.25, -0.2) is 0 Å². The summed E-state index contributed by atoms with van der Waals surface area (Å²) in [7, 11) is -3.33. The largest absolute Gasteiger partial charge is 0.383 e. The van der Waals surface area contributed by atoms with Gasteiger partial charge in [-0.15, -0.1) is 0 Å². The standard InChI is InChI=1S/C21H27N2O3P/c1-4-25-27(24,26-5-2)16(3)21-19-12-11-18(17-9-7-6-8-10-17)15-20(19)22-13-14-23-21/h6-12,15,22-23H,4-5,13-14H2,1-3H3. The Labute approximate surface area is 161 Å². The molecule has 2 N–H and O–H groups in total. The highest BCUT2D eigenvalue weighted by atomic mass is 31.2. The van der Waals surface area contributed by atoms with E-state index in [0.717, 1.165) is 41.2 Å². The average molecular weight is 386 g/mol. The summed E-state index contributed by atoms with van der Waals surface area (Å²) < 4.78 is 24.4. The summed E-state index contributed by atoms with van der Waals surface area (Å²) in [6.45, 7) is 7.64. The van der Waals surface area contributed by atoms with E-state index in [0.29, 0.717) is 18.5 Å². The van der Waals surface area contributed by atoms with Crippen LogP contribution in [0.1, 0.15) is 26.3 Å². The van der Waals surface area contributed by atoms with Gasteiger partial charge < -0.3 is 19.7 Å². The number of hydrogen-bond acceptors (Lipinski definition) is 5. The van der Waals surface area contributed by atoms with Gasteiger partial charge >= 0.3 is 7.60 Å². The summed E-state index contributed by atoms with van der Waals surface area (Å²) in [5.74, 6) is 0. The van der Waals surface area contributed by atoms with E-state index in [9.17, 15) is 4.57 Å². The first-order valence-corrected chi connectivity index (χ1v) is 10.9. The lowest BCUT2D eigenvalue weighted by Crippen LogP contribution is -2.18. The third kappa shape index (κ3) is 4.27. The first kappa shape index (κ1) is 19.7. The van der Waals surface area contributed by atoms with Crippen molar-refractivity contribution in [2.45, 2.75) is 20.8 Å². The van der Waals surface area contributed by atoms with E-state index in [1.165, 1.54) is 0 Å². The van der Waals surface area contributed by atoms with Gasteiger partial charge in [0.2, 0.25) is 0 Å². The lowest BCUT2D eigenvalue weighted by atomic mass is 10.0. The van der Waals surface area contributed by atoms with Crippen LogP contribution in [0.3, 0.4) is 0 Å². The first-order chi connectivity index (χ1) is 13.1. The Morgan fingerprint density at radius 1 is 0.963 bits per heavy atom. The van der Waals surface area contributed by atoms with Gasteiger partial charge in [0.1, 0.15) is 0 Å². The van der Waals surface area contributed by atoms with Gasteiger partial charge in [-0.2, -0.15) is 0 Å². The van der Waals surface area contributed by atoms with E-state index in [4.69, 9.17) is 9.05 Å². The van der Waals surface area contributed by atoms with Crippen molar-refractivity contribution in [3.63, 3.8) is 0 Å². The van der Waals surface area contributed by atoms with Gasteiger partial charge in [-0.3, -0.25) is 4.57 Å². The highest BCUT2D eigenvalue weighted by Gasteiger charge is 2.31. The number of fused-ring (bicyclic) bond motifs is 1. The van der Waals surface area contributed by atoms with Gasteiger partial charge in [-0.1, -0.05) is 42.5 Å². The van der Waals surface area contributed by atoms with Crippen LogP contribution < -0.4 is 10.6 Å². The summed E-state index contributed by atoms with van der Waals surface area (Å²) in [6, 6.07) is 16.5. The van der Waals surface area contributed by atoms with Crippen LogP contribution in [-0.4, -0.2) is 26.3 Å². The molecule has 1 heterocycles. The lowest BCUT2D eigenvalue weighted by Gasteiger charge is -2.22. The van der Waals surface area contributed by atoms with Gasteiger partial charge in [-0.05, 0) is 38.0 Å². The molecule has 0 bridgehead atoms. The summed E-state index contributed by atoms with van der Waals surface area (Å²) in [5, 5.41) is 7.49. The van der Waals surface area contributed by atoms with Crippen molar-refractivity contribution >= 4 is 19.0 Å². The molecule has 0 spiro atoms. The van der Waals surface area contributed by atoms with E-state index in [2.05, 4.69) is 41.0 Å². The molecule has 27 heavy (non-hydrogen) atoms. The second-order valence-electron chi connectivity index (χ2n) is 6.27. The SMILES string of the molecule is CCOP(=O)(OCC)C(C)=C1NCCNc2cc(-c3ccccc3)ccc21. The number of hydrogen-bond donors (Lipinski definition) is 2. The number of rotatable bonds is 6. The monoisotopic (exact) mass is 386 g/mol. The van der Waals surface area contributed by atoms with Crippen molar-refractivity contribution in [3.05, 3.63) is 59.4 Å². The molecule has 0 aromatic heterocycles. The Kier molecular flexibility index (Phi) is 6.38. The van der Waals surface area contributed by atoms with E-state index in [1.807, 2.05) is 39.0 Å². The average Bonchev–Trinajstić information content (AvgIpc) is 2.90. The molecule has 0 aliphatic carbocycles. The minimum atomic E-state index is -3.33. The van der Waals surface area contributed by atoms with E-state index in [1.54, 1.807) is 0 Å². The normalized spacial score (nSPS) is 16.0. The lowest BCUT2D eigenvalue weighted by molar-refractivity contribution is 0.226. The van der Waals surface area contributed by atoms with Crippen molar-refractivity contribution in [2.75, 3.05) is 31.6 Å². The summed E-state index contributed by atoms with van der Waals surface area (Å²) in [4.78, 5) is 0. The number of anilines is 1. The fourth-order valence-corrected chi connectivity index (χ4v) is 4.84. The summed E-state index contributed by atoms with van der Waals surface area (Å²) in [6.07, 6.45) is 0. The Balaban J connectivity index is 2.08. The Morgan fingerprint density at radius 3 is 2.30 bits per heavy atom. The Morgan fingerprint density at radius 2 is 1.63 bits per heavy atom. The molecule has 0 amide bonds. The number of nitrogens with one attached hydrogen (secondary N) is 2. The minimum absolute atomic E-state index is 0.333. The molecule has 6 heteroatoms. The van der Waals surface area contributed by atoms with Crippen LogP contribution in [0.2, 0.25) is 0 Å². The zero-order chi connectivity index (χ0) is 19.3. The molecule has 2 aromatic rings.